The van der Waals surface area contributed by atoms with Gasteiger partial charge < -0.3 is 38.6 Å². The maximum Gasteiger partial charge on any atom is 0.407 e. The van der Waals surface area contributed by atoms with E-state index in [0.29, 0.717) is 72.6 Å². The molecule has 178 valence electrons. The first kappa shape index (κ1) is 27.3. The van der Waals surface area contributed by atoms with Crippen molar-refractivity contribution in [1.29, 1.82) is 0 Å². The highest BCUT2D eigenvalue weighted by molar-refractivity contribution is 5.67. The van der Waals surface area contributed by atoms with Gasteiger partial charge in [0.15, 0.2) is 0 Å². The van der Waals surface area contributed by atoms with Gasteiger partial charge in [0.2, 0.25) is 0 Å². The summed E-state index contributed by atoms with van der Waals surface area (Å²) in [5.74, 6) is 0. The summed E-state index contributed by atoms with van der Waals surface area (Å²) in [5.41, 5.74) is 0.948. The molecule has 0 saturated carbocycles. The molecular formula is C22H38N2O7. The summed E-state index contributed by atoms with van der Waals surface area (Å²) in [7, 11) is 4.03. The maximum atomic E-state index is 11.6. The van der Waals surface area contributed by atoms with Crippen molar-refractivity contribution in [2.75, 3.05) is 93.3 Å². The summed E-state index contributed by atoms with van der Waals surface area (Å²) in [5, 5.41) is 2.64. The molecule has 0 bridgehead atoms. The molecule has 0 fully saturated rings. The van der Waals surface area contributed by atoms with Crippen molar-refractivity contribution in [2.24, 2.45) is 0 Å². The van der Waals surface area contributed by atoms with Gasteiger partial charge in [0.05, 0.1) is 66.1 Å². The Morgan fingerprint density at radius 3 is 1.74 bits per heavy atom. The Hall–Kier alpha value is -1.75. The Kier molecular flexibility index (Phi) is 17.8. The van der Waals surface area contributed by atoms with E-state index in [2.05, 4.69) is 10.2 Å². The predicted octanol–water partition coefficient (Wildman–Crippen LogP) is 1.56. The number of alkyl carbamates (subject to hydrolysis) is 1. The van der Waals surface area contributed by atoms with Gasteiger partial charge in [0.1, 0.15) is 6.61 Å². The molecule has 0 aliphatic heterocycles. The SMILES string of the molecule is CN(C)CCOCCOCCOCCOCCOCCNC(=O)OCc1ccccc1. The topological polar surface area (TPSA) is 87.7 Å². The van der Waals surface area contributed by atoms with E-state index in [4.69, 9.17) is 28.4 Å². The van der Waals surface area contributed by atoms with E-state index in [1.165, 1.54) is 0 Å². The molecule has 0 aliphatic rings. The summed E-state index contributed by atoms with van der Waals surface area (Å²) < 4.78 is 32.2. The highest BCUT2D eigenvalue weighted by Crippen LogP contribution is 2.00. The average molecular weight is 443 g/mol. The molecule has 1 rings (SSSR count). The van der Waals surface area contributed by atoms with Crippen LogP contribution in [-0.4, -0.2) is 104 Å². The normalized spacial score (nSPS) is 11.1. The minimum absolute atomic E-state index is 0.251. The number of carbonyl (C=O) groups is 1. The highest BCUT2D eigenvalue weighted by Gasteiger charge is 2.01. The van der Waals surface area contributed by atoms with Gasteiger partial charge in [-0.15, -0.1) is 0 Å². The number of ether oxygens (including phenoxy) is 6. The lowest BCUT2D eigenvalue weighted by atomic mass is 10.2. The Morgan fingerprint density at radius 2 is 1.23 bits per heavy atom. The van der Waals surface area contributed by atoms with Crippen LogP contribution >= 0.6 is 0 Å². The number of hydrogen-bond donors (Lipinski definition) is 1. The first-order valence-corrected chi connectivity index (χ1v) is 10.7. The molecule has 1 aromatic carbocycles. The van der Waals surface area contributed by atoms with Crippen LogP contribution in [0.5, 0.6) is 0 Å². The predicted molar refractivity (Wildman–Crippen MR) is 117 cm³/mol. The molecule has 0 saturated heterocycles. The van der Waals surface area contributed by atoms with Crippen molar-refractivity contribution in [1.82, 2.24) is 10.2 Å². The van der Waals surface area contributed by atoms with Crippen molar-refractivity contribution in [3.63, 3.8) is 0 Å². The van der Waals surface area contributed by atoms with Gasteiger partial charge in [0, 0.05) is 13.1 Å². The second-order valence-corrected chi connectivity index (χ2v) is 6.85. The molecule has 0 aromatic heterocycles. The molecular weight excluding hydrogens is 404 g/mol. The van der Waals surface area contributed by atoms with Crippen molar-refractivity contribution in [3.8, 4) is 0 Å². The lowest BCUT2D eigenvalue weighted by molar-refractivity contribution is -0.0114. The zero-order valence-electron chi connectivity index (χ0n) is 18.9. The van der Waals surface area contributed by atoms with Gasteiger partial charge in [-0.3, -0.25) is 0 Å². The number of amides is 1. The quantitative estimate of drug-likeness (QED) is 0.305. The van der Waals surface area contributed by atoms with Crippen LogP contribution in [0.1, 0.15) is 5.56 Å². The minimum atomic E-state index is -0.457. The second-order valence-electron chi connectivity index (χ2n) is 6.85. The fourth-order valence-corrected chi connectivity index (χ4v) is 2.23. The van der Waals surface area contributed by atoms with Crippen LogP contribution in [0.15, 0.2) is 30.3 Å². The lowest BCUT2D eigenvalue weighted by Crippen LogP contribution is -2.28. The Labute approximate surface area is 185 Å². The van der Waals surface area contributed by atoms with Gasteiger partial charge in [-0.25, -0.2) is 4.79 Å². The monoisotopic (exact) mass is 442 g/mol. The molecule has 1 N–H and O–H groups in total. The molecule has 0 spiro atoms. The van der Waals surface area contributed by atoms with Crippen LogP contribution in [0.3, 0.4) is 0 Å². The van der Waals surface area contributed by atoms with Crippen LogP contribution < -0.4 is 5.32 Å². The number of nitrogens with zero attached hydrogens (tertiary/aromatic N) is 1. The van der Waals surface area contributed by atoms with Crippen LogP contribution in [0.2, 0.25) is 0 Å². The van der Waals surface area contributed by atoms with Gasteiger partial charge in [-0.2, -0.15) is 0 Å². The lowest BCUT2D eigenvalue weighted by Gasteiger charge is -2.10. The smallest absolute Gasteiger partial charge is 0.407 e. The van der Waals surface area contributed by atoms with Crippen LogP contribution in [0.4, 0.5) is 4.79 Å². The van der Waals surface area contributed by atoms with E-state index in [0.717, 1.165) is 12.1 Å². The Morgan fingerprint density at radius 1 is 0.742 bits per heavy atom. The van der Waals surface area contributed by atoms with E-state index in [9.17, 15) is 4.79 Å². The summed E-state index contributed by atoms with van der Waals surface area (Å²) in [6.45, 7) is 6.85. The Balaban J connectivity index is 1.73. The third kappa shape index (κ3) is 18.7. The first-order chi connectivity index (χ1) is 15.2. The summed E-state index contributed by atoms with van der Waals surface area (Å²) >= 11 is 0. The van der Waals surface area contributed by atoms with E-state index in [1.54, 1.807) is 0 Å². The van der Waals surface area contributed by atoms with Crippen molar-refractivity contribution in [3.05, 3.63) is 35.9 Å². The van der Waals surface area contributed by atoms with Crippen molar-refractivity contribution < 1.29 is 33.2 Å². The maximum absolute atomic E-state index is 11.6. The molecule has 1 amide bonds. The van der Waals surface area contributed by atoms with Crippen molar-refractivity contribution >= 4 is 6.09 Å². The molecule has 0 heterocycles. The fourth-order valence-electron chi connectivity index (χ4n) is 2.23. The molecule has 0 aliphatic carbocycles. The van der Waals surface area contributed by atoms with E-state index in [1.807, 2.05) is 44.4 Å². The largest absolute Gasteiger partial charge is 0.445 e. The first-order valence-electron chi connectivity index (χ1n) is 10.7. The molecule has 0 atom stereocenters. The average Bonchev–Trinajstić information content (AvgIpc) is 2.77. The minimum Gasteiger partial charge on any atom is -0.445 e. The van der Waals surface area contributed by atoms with Crippen LogP contribution in [0.25, 0.3) is 0 Å². The molecule has 0 radical (unpaired) electrons. The molecule has 9 heteroatoms. The third-order valence-corrected chi connectivity index (χ3v) is 3.90. The van der Waals surface area contributed by atoms with Crippen LogP contribution in [-0.2, 0) is 35.0 Å². The zero-order chi connectivity index (χ0) is 22.4. The van der Waals surface area contributed by atoms with E-state index in [-0.39, 0.29) is 6.61 Å². The van der Waals surface area contributed by atoms with Crippen molar-refractivity contribution in [2.45, 2.75) is 6.61 Å². The summed E-state index contributed by atoms with van der Waals surface area (Å²) in [6.07, 6.45) is -0.457. The number of carbonyl (C=O) groups excluding carboxylic acids is 1. The zero-order valence-corrected chi connectivity index (χ0v) is 18.9. The van der Waals surface area contributed by atoms with Gasteiger partial charge in [-0.05, 0) is 19.7 Å². The number of rotatable bonds is 20. The van der Waals surface area contributed by atoms with E-state index < -0.39 is 6.09 Å². The van der Waals surface area contributed by atoms with Gasteiger partial charge in [-0.1, -0.05) is 30.3 Å². The summed E-state index contributed by atoms with van der Waals surface area (Å²) in [6, 6.07) is 9.53. The Bertz CT molecular complexity index is 532. The van der Waals surface area contributed by atoms with Gasteiger partial charge >= 0.3 is 6.09 Å². The van der Waals surface area contributed by atoms with E-state index >= 15 is 0 Å². The molecule has 31 heavy (non-hydrogen) atoms. The fraction of sp³-hybridized carbons (Fsp3) is 0.682. The number of hydrogen-bond acceptors (Lipinski definition) is 8. The second kappa shape index (κ2) is 20.2. The molecule has 1 aromatic rings. The number of benzene rings is 1. The number of nitrogens with one attached hydrogen (secondary N) is 1. The highest BCUT2D eigenvalue weighted by atomic mass is 16.6. The third-order valence-electron chi connectivity index (χ3n) is 3.90. The summed E-state index contributed by atoms with van der Waals surface area (Å²) in [4.78, 5) is 13.6. The molecule has 0 unspecified atom stereocenters. The number of likely N-dealkylation sites (N-methyl/N-ethyl adjacent to an activating group) is 1. The van der Waals surface area contributed by atoms with Crippen LogP contribution in [0, 0.1) is 0 Å². The van der Waals surface area contributed by atoms with Gasteiger partial charge in [0.25, 0.3) is 0 Å². The molecule has 9 nitrogen and oxygen atoms in total. The standard InChI is InChI=1S/C22H38N2O7/c1-24(2)9-11-27-13-15-29-17-19-30-18-16-28-14-12-26-10-8-23-22(25)31-20-21-6-4-3-5-7-21/h3-7H,8-20H2,1-2H3,(H,23,25).